The van der Waals surface area contributed by atoms with Crippen molar-refractivity contribution in [3.63, 3.8) is 0 Å². The molecule has 0 heterocycles. The normalized spacial score (nSPS) is 10.3. The molecule has 7 heteroatoms. The van der Waals surface area contributed by atoms with E-state index in [9.17, 15) is 9.59 Å². The molecule has 0 spiro atoms. The van der Waals surface area contributed by atoms with Gasteiger partial charge < -0.3 is 14.8 Å². The number of benzene rings is 1. The molecule has 0 aliphatic rings. The first kappa shape index (κ1) is 18.1. The van der Waals surface area contributed by atoms with E-state index in [0.717, 1.165) is 0 Å². The van der Waals surface area contributed by atoms with E-state index in [-0.39, 0.29) is 24.4 Å². The Bertz CT molecular complexity index is 561. The van der Waals surface area contributed by atoms with E-state index < -0.39 is 0 Å². The summed E-state index contributed by atoms with van der Waals surface area (Å²) in [6.45, 7) is 4.96. The van der Waals surface area contributed by atoms with E-state index in [1.165, 1.54) is 26.0 Å². The third-order valence-corrected chi connectivity index (χ3v) is 3.17. The van der Waals surface area contributed by atoms with Crippen LogP contribution in [0.1, 0.15) is 20.8 Å². The van der Waals surface area contributed by atoms with Crippen LogP contribution in [0.2, 0.25) is 5.02 Å². The van der Waals surface area contributed by atoms with Gasteiger partial charge in [0.15, 0.2) is 0 Å². The molecule has 1 rings (SSSR count). The standard InChI is InChI=1S/C15H21ClN2O4/c1-9(2)17-15(20)8-18(10(3)19)12-7-13(21-4)11(16)6-14(12)22-5/h6-7,9H,8H2,1-5H3,(H,17,20). The van der Waals surface area contributed by atoms with Gasteiger partial charge in [0.25, 0.3) is 0 Å². The average Bonchev–Trinajstić information content (AvgIpc) is 2.43. The summed E-state index contributed by atoms with van der Waals surface area (Å²) in [5.41, 5.74) is 0.426. The van der Waals surface area contributed by atoms with Gasteiger partial charge in [-0.05, 0) is 13.8 Å². The van der Waals surface area contributed by atoms with Crippen molar-refractivity contribution in [2.75, 3.05) is 25.7 Å². The van der Waals surface area contributed by atoms with Crippen LogP contribution in [0.25, 0.3) is 0 Å². The van der Waals surface area contributed by atoms with Crippen molar-refractivity contribution in [2.45, 2.75) is 26.8 Å². The lowest BCUT2D eigenvalue weighted by Crippen LogP contribution is -2.42. The Morgan fingerprint density at radius 1 is 1.23 bits per heavy atom. The molecule has 0 fully saturated rings. The molecule has 22 heavy (non-hydrogen) atoms. The van der Waals surface area contributed by atoms with Gasteiger partial charge in [0.05, 0.1) is 24.9 Å². The number of anilines is 1. The summed E-state index contributed by atoms with van der Waals surface area (Å²) < 4.78 is 10.4. The minimum Gasteiger partial charge on any atom is -0.495 e. The van der Waals surface area contributed by atoms with Crippen molar-refractivity contribution < 1.29 is 19.1 Å². The molecule has 0 atom stereocenters. The van der Waals surface area contributed by atoms with E-state index >= 15 is 0 Å². The number of hydrogen-bond donors (Lipinski definition) is 1. The number of methoxy groups -OCH3 is 2. The molecular formula is C15H21ClN2O4. The van der Waals surface area contributed by atoms with Crippen LogP contribution in [-0.4, -0.2) is 38.6 Å². The molecule has 2 amide bonds. The quantitative estimate of drug-likeness (QED) is 0.869. The minimum absolute atomic E-state index is 0.0112. The van der Waals surface area contributed by atoms with Gasteiger partial charge in [0, 0.05) is 25.1 Å². The van der Waals surface area contributed by atoms with E-state index in [0.29, 0.717) is 22.2 Å². The van der Waals surface area contributed by atoms with Gasteiger partial charge in [-0.2, -0.15) is 0 Å². The molecule has 6 nitrogen and oxygen atoms in total. The zero-order valence-electron chi connectivity index (χ0n) is 13.4. The van der Waals surface area contributed by atoms with E-state index in [2.05, 4.69) is 5.32 Å². The number of nitrogens with zero attached hydrogens (tertiary/aromatic N) is 1. The van der Waals surface area contributed by atoms with Gasteiger partial charge in [0.2, 0.25) is 11.8 Å². The molecular weight excluding hydrogens is 308 g/mol. The fourth-order valence-corrected chi connectivity index (χ4v) is 2.16. The molecule has 122 valence electrons. The second-order valence-corrected chi connectivity index (χ2v) is 5.39. The minimum atomic E-state index is -0.290. The number of amides is 2. The summed E-state index contributed by atoms with van der Waals surface area (Å²) in [5, 5.41) is 3.10. The van der Waals surface area contributed by atoms with Crippen molar-refractivity contribution in [3.8, 4) is 11.5 Å². The maximum absolute atomic E-state index is 12.0. The Morgan fingerprint density at radius 2 is 1.82 bits per heavy atom. The zero-order valence-corrected chi connectivity index (χ0v) is 14.2. The first-order valence-electron chi connectivity index (χ1n) is 6.79. The number of carbonyl (C=O) groups is 2. The van der Waals surface area contributed by atoms with E-state index in [4.69, 9.17) is 21.1 Å². The zero-order chi connectivity index (χ0) is 16.9. The van der Waals surface area contributed by atoms with Crippen LogP contribution < -0.4 is 19.7 Å². The Hall–Kier alpha value is -1.95. The molecule has 1 aromatic carbocycles. The first-order valence-corrected chi connectivity index (χ1v) is 7.17. The molecule has 0 bridgehead atoms. The topological polar surface area (TPSA) is 67.9 Å². The summed E-state index contributed by atoms with van der Waals surface area (Å²) in [7, 11) is 2.94. The van der Waals surface area contributed by atoms with Gasteiger partial charge in [-0.3, -0.25) is 14.5 Å². The van der Waals surface area contributed by atoms with Crippen LogP contribution in [-0.2, 0) is 9.59 Å². The Labute approximate surface area is 135 Å². The van der Waals surface area contributed by atoms with Crippen molar-refractivity contribution in [3.05, 3.63) is 17.2 Å². The van der Waals surface area contributed by atoms with Gasteiger partial charge in [-0.1, -0.05) is 11.6 Å². The fourth-order valence-electron chi connectivity index (χ4n) is 1.93. The summed E-state index contributed by atoms with van der Waals surface area (Å²) in [6.07, 6.45) is 0. The van der Waals surface area contributed by atoms with Crippen LogP contribution >= 0.6 is 11.6 Å². The predicted octanol–water partition coefficient (Wildman–Crippen LogP) is 2.23. The number of nitrogens with one attached hydrogen (secondary N) is 1. The Balaban J connectivity index is 3.20. The lowest BCUT2D eigenvalue weighted by atomic mass is 10.2. The highest BCUT2D eigenvalue weighted by molar-refractivity contribution is 6.32. The molecule has 1 aromatic rings. The second-order valence-electron chi connectivity index (χ2n) is 4.99. The average molecular weight is 329 g/mol. The monoisotopic (exact) mass is 328 g/mol. The smallest absolute Gasteiger partial charge is 0.240 e. The molecule has 0 saturated carbocycles. The van der Waals surface area contributed by atoms with Crippen molar-refractivity contribution in [2.24, 2.45) is 0 Å². The van der Waals surface area contributed by atoms with Gasteiger partial charge in [0.1, 0.15) is 18.0 Å². The number of ether oxygens (including phenoxy) is 2. The number of carbonyl (C=O) groups excluding carboxylic acids is 2. The van der Waals surface area contributed by atoms with Crippen LogP contribution in [0, 0.1) is 0 Å². The second kappa shape index (κ2) is 7.89. The van der Waals surface area contributed by atoms with Gasteiger partial charge >= 0.3 is 0 Å². The summed E-state index contributed by atoms with van der Waals surface area (Å²) >= 11 is 6.05. The Morgan fingerprint density at radius 3 is 2.27 bits per heavy atom. The largest absolute Gasteiger partial charge is 0.495 e. The SMILES string of the molecule is COc1cc(N(CC(=O)NC(C)C)C(C)=O)c(OC)cc1Cl. The lowest BCUT2D eigenvalue weighted by Gasteiger charge is -2.24. The van der Waals surface area contributed by atoms with Crippen molar-refractivity contribution in [1.82, 2.24) is 5.32 Å². The van der Waals surface area contributed by atoms with Crippen LogP contribution in [0.3, 0.4) is 0 Å². The highest BCUT2D eigenvalue weighted by Crippen LogP contribution is 2.38. The molecule has 1 N–H and O–H groups in total. The highest BCUT2D eigenvalue weighted by Gasteiger charge is 2.22. The molecule has 0 aliphatic heterocycles. The van der Waals surface area contributed by atoms with E-state index in [1.54, 1.807) is 12.1 Å². The molecule has 0 radical (unpaired) electrons. The fraction of sp³-hybridized carbons (Fsp3) is 0.467. The summed E-state index contributed by atoms with van der Waals surface area (Å²) in [6, 6.07) is 3.11. The number of hydrogen-bond acceptors (Lipinski definition) is 4. The molecule has 0 saturated heterocycles. The lowest BCUT2D eigenvalue weighted by molar-refractivity contribution is -0.123. The van der Waals surface area contributed by atoms with Crippen molar-refractivity contribution >= 4 is 29.1 Å². The summed E-state index contributed by atoms with van der Waals surface area (Å²) in [5.74, 6) is 0.231. The first-order chi connectivity index (χ1) is 10.3. The predicted molar refractivity (Wildman–Crippen MR) is 85.9 cm³/mol. The van der Waals surface area contributed by atoms with Gasteiger partial charge in [-0.25, -0.2) is 0 Å². The maximum atomic E-state index is 12.0. The third-order valence-electron chi connectivity index (χ3n) is 2.88. The maximum Gasteiger partial charge on any atom is 0.240 e. The number of rotatable bonds is 6. The molecule has 0 aliphatic carbocycles. The van der Waals surface area contributed by atoms with Gasteiger partial charge in [-0.15, -0.1) is 0 Å². The Kier molecular flexibility index (Phi) is 6.49. The van der Waals surface area contributed by atoms with Crippen LogP contribution in [0.5, 0.6) is 11.5 Å². The summed E-state index contributed by atoms with van der Waals surface area (Å²) in [4.78, 5) is 25.2. The third kappa shape index (κ3) is 4.53. The van der Waals surface area contributed by atoms with Crippen molar-refractivity contribution in [1.29, 1.82) is 0 Å². The van der Waals surface area contributed by atoms with E-state index in [1.807, 2.05) is 13.8 Å². The van der Waals surface area contributed by atoms with Crippen LogP contribution in [0.4, 0.5) is 5.69 Å². The molecule has 0 aromatic heterocycles. The highest BCUT2D eigenvalue weighted by atomic mass is 35.5. The molecule has 0 unspecified atom stereocenters. The van der Waals surface area contributed by atoms with Crippen LogP contribution in [0.15, 0.2) is 12.1 Å². The number of halogens is 1.